The third kappa shape index (κ3) is 6.75. The van der Waals surface area contributed by atoms with Gasteiger partial charge in [-0.3, -0.25) is 9.69 Å². The first kappa shape index (κ1) is 23.2. The second-order valence-electron chi connectivity index (χ2n) is 7.47. The summed E-state index contributed by atoms with van der Waals surface area (Å²) < 4.78 is 16.3. The third-order valence-corrected chi connectivity index (χ3v) is 5.06. The van der Waals surface area contributed by atoms with Crippen molar-refractivity contribution in [3.8, 4) is 17.2 Å². The lowest BCUT2D eigenvalue weighted by Crippen LogP contribution is -2.24. The zero-order valence-corrected chi connectivity index (χ0v) is 18.8. The van der Waals surface area contributed by atoms with Crippen molar-refractivity contribution < 1.29 is 19.0 Å². The van der Waals surface area contributed by atoms with E-state index >= 15 is 0 Å². The number of hydrogen-bond donors (Lipinski definition) is 1. The van der Waals surface area contributed by atoms with Crippen LogP contribution in [0.1, 0.15) is 21.5 Å². The number of amides is 1. The van der Waals surface area contributed by atoms with Gasteiger partial charge in [-0.05, 0) is 48.5 Å². The molecule has 6 nitrogen and oxygen atoms in total. The van der Waals surface area contributed by atoms with Gasteiger partial charge in [0.1, 0.15) is 12.4 Å². The van der Waals surface area contributed by atoms with Crippen molar-refractivity contribution >= 4 is 5.91 Å². The van der Waals surface area contributed by atoms with Crippen LogP contribution in [0.25, 0.3) is 0 Å². The van der Waals surface area contributed by atoms with Crippen LogP contribution in [-0.2, 0) is 13.1 Å². The van der Waals surface area contributed by atoms with Crippen molar-refractivity contribution in [2.75, 3.05) is 34.4 Å². The maximum absolute atomic E-state index is 12.5. The van der Waals surface area contributed by atoms with Crippen LogP contribution < -0.4 is 19.5 Å². The van der Waals surface area contributed by atoms with Gasteiger partial charge in [0.25, 0.3) is 5.91 Å². The third-order valence-electron chi connectivity index (χ3n) is 5.06. The molecule has 0 saturated heterocycles. The van der Waals surface area contributed by atoms with Gasteiger partial charge in [-0.1, -0.05) is 42.5 Å². The largest absolute Gasteiger partial charge is 0.493 e. The SMILES string of the molecule is COc1ccc(C(=O)NCc2ccc(OCCN(C)Cc3ccccc3)cc2)cc1OC. The van der Waals surface area contributed by atoms with E-state index in [9.17, 15) is 4.79 Å². The average Bonchev–Trinajstić information content (AvgIpc) is 2.83. The first-order chi connectivity index (χ1) is 15.6. The standard InChI is InChI=1S/C26H30N2O4/c1-28(19-21-7-5-4-6-8-21)15-16-32-23-12-9-20(10-13-23)18-27-26(29)22-11-14-24(30-2)25(17-22)31-3/h4-14,17H,15-16,18-19H2,1-3H3,(H,27,29). The number of methoxy groups -OCH3 is 2. The summed E-state index contributed by atoms with van der Waals surface area (Å²) in [5.74, 6) is 1.75. The highest BCUT2D eigenvalue weighted by Crippen LogP contribution is 2.27. The van der Waals surface area contributed by atoms with Crippen LogP contribution in [-0.4, -0.2) is 45.2 Å². The summed E-state index contributed by atoms with van der Waals surface area (Å²) in [6.45, 7) is 2.76. The number of ether oxygens (including phenoxy) is 3. The molecule has 0 atom stereocenters. The van der Waals surface area contributed by atoms with Crippen LogP contribution in [0, 0.1) is 0 Å². The molecule has 0 heterocycles. The van der Waals surface area contributed by atoms with Crippen LogP contribution in [0.4, 0.5) is 0 Å². The van der Waals surface area contributed by atoms with Crippen LogP contribution in [0.2, 0.25) is 0 Å². The van der Waals surface area contributed by atoms with E-state index in [2.05, 4.69) is 41.5 Å². The molecule has 1 amide bonds. The van der Waals surface area contributed by atoms with E-state index in [1.807, 2.05) is 30.3 Å². The van der Waals surface area contributed by atoms with E-state index in [4.69, 9.17) is 14.2 Å². The van der Waals surface area contributed by atoms with Gasteiger partial charge in [0.05, 0.1) is 14.2 Å². The molecule has 168 valence electrons. The maximum atomic E-state index is 12.5. The van der Waals surface area contributed by atoms with Crippen molar-refractivity contribution in [3.63, 3.8) is 0 Å². The molecule has 3 rings (SSSR count). The number of carbonyl (C=O) groups is 1. The van der Waals surface area contributed by atoms with Crippen LogP contribution in [0.3, 0.4) is 0 Å². The fraction of sp³-hybridized carbons (Fsp3) is 0.269. The van der Waals surface area contributed by atoms with E-state index in [1.165, 1.54) is 5.56 Å². The number of likely N-dealkylation sites (N-methyl/N-ethyl adjacent to an activating group) is 1. The Hall–Kier alpha value is -3.51. The van der Waals surface area contributed by atoms with Gasteiger partial charge in [0.2, 0.25) is 0 Å². The number of nitrogens with one attached hydrogen (secondary N) is 1. The molecule has 0 aliphatic carbocycles. The number of hydrogen-bond acceptors (Lipinski definition) is 5. The fourth-order valence-electron chi connectivity index (χ4n) is 3.26. The molecule has 6 heteroatoms. The molecule has 0 fully saturated rings. The van der Waals surface area contributed by atoms with Crippen molar-refractivity contribution in [3.05, 3.63) is 89.5 Å². The highest BCUT2D eigenvalue weighted by atomic mass is 16.5. The van der Waals surface area contributed by atoms with E-state index in [0.717, 1.165) is 24.4 Å². The van der Waals surface area contributed by atoms with Gasteiger partial charge in [-0.25, -0.2) is 0 Å². The summed E-state index contributed by atoms with van der Waals surface area (Å²) in [5.41, 5.74) is 2.80. The van der Waals surface area contributed by atoms with Gasteiger partial charge in [-0.2, -0.15) is 0 Å². The van der Waals surface area contributed by atoms with Gasteiger partial charge in [0, 0.05) is 25.2 Å². The molecule has 0 aromatic heterocycles. The normalized spacial score (nSPS) is 10.6. The van der Waals surface area contributed by atoms with Crippen molar-refractivity contribution in [1.29, 1.82) is 0 Å². The number of rotatable bonds is 11. The van der Waals surface area contributed by atoms with Gasteiger partial charge >= 0.3 is 0 Å². The molecular formula is C26H30N2O4. The first-order valence-corrected chi connectivity index (χ1v) is 10.5. The Bertz CT molecular complexity index is 990. The molecule has 3 aromatic rings. The Balaban J connectivity index is 1.43. The molecule has 32 heavy (non-hydrogen) atoms. The minimum Gasteiger partial charge on any atom is -0.493 e. The van der Waals surface area contributed by atoms with Gasteiger partial charge in [-0.15, -0.1) is 0 Å². The van der Waals surface area contributed by atoms with Crippen molar-refractivity contribution in [2.24, 2.45) is 0 Å². The molecule has 1 N–H and O–H groups in total. The topological polar surface area (TPSA) is 60.0 Å². The summed E-state index contributed by atoms with van der Waals surface area (Å²) in [5, 5.41) is 2.92. The molecule has 3 aromatic carbocycles. The summed E-state index contributed by atoms with van der Waals surface area (Å²) in [4.78, 5) is 14.7. The van der Waals surface area contributed by atoms with Crippen LogP contribution in [0.15, 0.2) is 72.8 Å². The van der Waals surface area contributed by atoms with Gasteiger partial charge in [0.15, 0.2) is 11.5 Å². The first-order valence-electron chi connectivity index (χ1n) is 10.5. The molecule has 0 saturated carbocycles. The van der Waals surface area contributed by atoms with Crippen molar-refractivity contribution in [1.82, 2.24) is 10.2 Å². The highest BCUT2D eigenvalue weighted by molar-refractivity contribution is 5.94. The fourth-order valence-corrected chi connectivity index (χ4v) is 3.26. The molecule has 0 unspecified atom stereocenters. The number of benzene rings is 3. The second-order valence-corrected chi connectivity index (χ2v) is 7.47. The summed E-state index contributed by atoms with van der Waals surface area (Å²) in [7, 11) is 5.19. The maximum Gasteiger partial charge on any atom is 0.251 e. The molecule has 0 aliphatic rings. The molecule has 0 spiro atoms. The Morgan fingerprint density at radius 3 is 2.28 bits per heavy atom. The lowest BCUT2D eigenvalue weighted by atomic mass is 10.1. The molecule has 0 bridgehead atoms. The second kappa shape index (κ2) is 11.8. The predicted octanol–water partition coefficient (Wildman–Crippen LogP) is 4.14. The minimum atomic E-state index is -0.173. The summed E-state index contributed by atoms with van der Waals surface area (Å²) >= 11 is 0. The highest BCUT2D eigenvalue weighted by Gasteiger charge is 2.10. The summed E-state index contributed by atoms with van der Waals surface area (Å²) in [6.07, 6.45) is 0. The zero-order valence-electron chi connectivity index (χ0n) is 18.8. The molecule has 0 radical (unpaired) electrons. The number of nitrogens with zero attached hydrogens (tertiary/aromatic N) is 1. The van der Waals surface area contributed by atoms with E-state index in [1.54, 1.807) is 32.4 Å². The molecular weight excluding hydrogens is 404 g/mol. The quantitative estimate of drug-likeness (QED) is 0.491. The zero-order chi connectivity index (χ0) is 22.8. The lowest BCUT2D eigenvalue weighted by molar-refractivity contribution is 0.0950. The smallest absolute Gasteiger partial charge is 0.251 e. The van der Waals surface area contributed by atoms with E-state index in [0.29, 0.717) is 30.2 Å². The Morgan fingerprint density at radius 2 is 1.59 bits per heavy atom. The van der Waals surface area contributed by atoms with Gasteiger partial charge < -0.3 is 19.5 Å². The van der Waals surface area contributed by atoms with Crippen LogP contribution in [0.5, 0.6) is 17.2 Å². The minimum absolute atomic E-state index is 0.173. The average molecular weight is 435 g/mol. The number of carbonyl (C=O) groups excluding carboxylic acids is 1. The van der Waals surface area contributed by atoms with E-state index < -0.39 is 0 Å². The predicted molar refractivity (Wildman–Crippen MR) is 125 cm³/mol. The van der Waals surface area contributed by atoms with E-state index in [-0.39, 0.29) is 5.91 Å². The van der Waals surface area contributed by atoms with Crippen LogP contribution >= 0.6 is 0 Å². The lowest BCUT2D eigenvalue weighted by Gasteiger charge is -2.17. The summed E-state index contributed by atoms with van der Waals surface area (Å²) in [6, 6.07) is 23.2. The van der Waals surface area contributed by atoms with Crippen molar-refractivity contribution in [2.45, 2.75) is 13.1 Å². The molecule has 0 aliphatic heterocycles. The Labute approximate surface area is 189 Å². The Morgan fingerprint density at radius 1 is 0.875 bits per heavy atom. The monoisotopic (exact) mass is 434 g/mol. The Kier molecular flexibility index (Phi) is 8.52.